The summed E-state index contributed by atoms with van der Waals surface area (Å²) >= 11 is 0. The van der Waals surface area contributed by atoms with Crippen LogP contribution < -0.4 is 0 Å². The Morgan fingerprint density at radius 1 is 1.39 bits per heavy atom. The monoisotopic (exact) mass is 251 g/mol. The Balaban J connectivity index is 2.24. The van der Waals surface area contributed by atoms with E-state index >= 15 is 0 Å². The average Bonchev–Trinajstić information content (AvgIpc) is 2.64. The van der Waals surface area contributed by atoms with Gasteiger partial charge in [0.25, 0.3) is 0 Å². The Labute approximate surface area is 107 Å². The molecular weight excluding hydrogens is 230 g/mol. The van der Waals surface area contributed by atoms with E-state index in [9.17, 15) is 9.90 Å². The van der Waals surface area contributed by atoms with Crippen molar-refractivity contribution in [3.05, 3.63) is 18.2 Å². The summed E-state index contributed by atoms with van der Waals surface area (Å²) in [5, 5.41) is 9.53. The fourth-order valence-electron chi connectivity index (χ4n) is 2.65. The van der Waals surface area contributed by atoms with Crippen LogP contribution in [0.15, 0.2) is 12.5 Å². The molecule has 0 spiro atoms. The Morgan fingerprint density at radius 2 is 2.06 bits per heavy atom. The van der Waals surface area contributed by atoms with E-state index in [0.29, 0.717) is 0 Å². The molecule has 1 aromatic rings. The zero-order chi connectivity index (χ0) is 13.0. The van der Waals surface area contributed by atoms with E-state index in [2.05, 4.69) is 9.88 Å². The molecular formula is C13H21N3O2. The quantitative estimate of drug-likeness (QED) is 0.888. The van der Waals surface area contributed by atoms with Crippen molar-refractivity contribution in [1.29, 1.82) is 0 Å². The van der Waals surface area contributed by atoms with Gasteiger partial charge in [-0.05, 0) is 32.9 Å². The highest BCUT2D eigenvalue weighted by Gasteiger charge is 2.30. The zero-order valence-corrected chi connectivity index (χ0v) is 10.9. The molecule has 0 aliphatic carbocycles. The summed E-state index contributed by atoms with van der Waals surface area (Å²) in [5.41, 5.74) is 0.798. The van der Waals surface area contributed by atoms with Crippen molar-refractivity contribution >= 4 is 5.97 Å². The Bertz CT molecular complexity index is 395. The SMILES string of the molecule is CCn1cncc1C(C(=O)O)N1CCCCCC1. The number of carbonyl (C=O) groups is 1. The number of carboxylic acid groups (broad SMARTS) is 1. The van der Waals surface area contributed by atoms with Gasteiger partial charge < -0.3 is 9.67 Å². The molecule has 0 radical (unpaired) electrons. The van der Waals surface area contributed by atoms with Crippen LogP contribution in [0.1, 0.15) is 44.3 Å². The van der Waals surface area contributed by atoms with Crippen LogP contribution in [0.2, 0.25) is 0 Å². The molecule has 2 rings (SSSR count). The summed E-state index contributed by atoms with van der Waals surface area (Å²) in [7, 11) is 0. The van der Waals surface area contributed by atoms with Gasteiger partial charge in [0.2, 0.25) is 0 Å². The molecule has 0 aromatic carbocycles. The fraction of sp³-hybridized carbons (Fsp3) is 0.692. The number of rotatable bonds is 4. The van der Waals surface area contributed by atoms with Gasteiger partial charge in [-0.3, -0.25) is 9.69 Å². The summed E-state index contributed by atoms with van der Waals surface area (Å²) in [6.45, 7) is 4.50. The number of hydrogen-bond donors (Lipinski definition) is 1. The summed E-state index contributed by atoms with van der Waals surface area (Å²) in [6, 6.07) is -0.550. The van der Waals surface area contributed by atoms with Gasteiger partial charge in [-0.1, -0.05) is 12.8 Å². The minimum absolute atomic E-state index is 0.550. The van der Waals surface area contributed by atoms with Gasteiger partial charge in [0.15, 0.2) is 6.04 Å². The molecule has 5 heteroatoms. The Hall–Kier alpha value is -1.36. The van der Waals surface area contributed by atoms with Crippen LogP contribution in [0.4, 0.5) is 0 Å². The summed E-state index contributed by atoms with van der Waals surface area (Å²) in [6.07, 6.45) is 7.98. The maximum atomic E-state index is 11.6. The largest absolute Gasteiger partial charge is 0.480 e. The molecule has 1 atom stereocenters. The molecule has 1 aliphatic rings. The highest BCUT2D eigenvalue weighted by Crippen LogP contribution is 2.24. The van der Waals surface area contributed by atoms with Crippen molar-refractivity contribution in [2.75, 3.05) is 13.1 Å². The van der Waals surface area contributed by atoms with E-state index in [1.807, 2.05) is 11.5 Å². The molecule has 5 nitrogen and oxygen atoms in total. The lowest BCUT2D eigenvalue weighted by Crippen LogP contribution is -2.36. The first-order chi connectivity index (χ1) is 8.74. The van der Waals surface area contributed by atoms with Gasteiger partial charge in [0.1, 0.15) is 0 Å². The molecule has 0 amide bonds. The lowest BCUT2D eigenvalue weighted by molar-refractivity contribution is -0.143. The number of imidazole rings is 1. The van der Waals surface area contributed by atoms with Crippen molar-refractivity contribution in [1.82, 2.24) is 14.5 Å². The third-order valence-corrected chi connectivity index (χ3v) is 3.61. The Kier molecular flexibility index (Phi) is 4.36. The number of hydrogen-bond acceptors (Lipinski definition) is 3. The number of aromatic nitrogens is 2. The highest BCUT2D eigenvalue weighted by atomic mass is 16.4. The number of nitrogens with zero attached hydrogens (tertiary/aromatic N) is 3. The van der Waals surface area contributed by atoms with Gasteiger partial charge in [0, 0.05) is 6.54 Å². The third kappa shape index (κ3) is 2.72. The lowest BCUT2D eigenvalue weighted by Gasteiger charge is -2.27. The van der Waals surface area contributed by atoms with E-state index in [-0.39, 0.29) is 0 Å². The van der Waals surface area contributed by atoms with Crippen molar-refractivity contribution in [3.63, 3.8) is 0 Å². The van der Waals surface area contributed by atoms with Crippen molar-refractivity contribution in [2.24, 2.45) is 0 Å². The minimum atomic E-state index is -0.771. The maximum absolute atomic E-state index is 11.6. The first kappa shape index (κ1) is 13.1. The van der Waals surface area contributed by atoms with E-state index in [0.717, 1.165) is 38.2 Å². The molecule has 0 saturated carbocycles. The van der Waals surface area contributed by atoms with Gasteiger partial charge in [0.05, 0.1) is 18.2 Å². The van der Waals surface area contributed by atoms with Crippen molar-refractivity contribution in [3.8, 4) is 0 Å². The van der Waals surface area contributed by atoms with Crippen LogP contribution in [-0.4, -0.2) is 38.6 Å². The number of likely N-dealkylation sites (tertiary alicyclic amines) is 1. The standard InChI is InChI=1S/C13H21N3O2/c1-2-15-10-14-9-11(15)12(13(17)18)16-7-5-3-4-6-8-16/h9-10,12H,2-8H2,1H3,(H,17,18). The van der Waals surface area contributed by atoms with Gasteiger partial charge in [-0.25, -0.2) is 4.98 Å². The molecule has 1 aliphatic heterocycles. The molecule has 1 saturated heterocycles. The summed E-state index contributed by atoms with van der Waals surface area (Å²) in [5.74, 6) is -0.771. The van der Waals surface area contributed by atoms with E-state index in [4.69, 9.17) is 0 Å². The average molecular weight is 251 g/mol. The molecule has 1 N–H and O–H groups in total. The molecule has 18 heavy (non-hydrogen) atoms. The number of aliphatic carboxylic acids is 1. The minimum Gasteiger partial charge on any atom is -0.480 e. The summed E-state index contributed by atoms with van der Waals surface area (Å²) < 4.78 is 1.92. The van der Waals surface area contributed by atoms with Crippen molar-refractivity contribution < 1.29 is 9.90 Å². The topological polar surface area (TPSA) is 58.4 Å². The van der Waals surface area contributed by atoms with Crippen LogP contribution in [0.5, 0.6) is 0 Å². The number of aryl methyl sites for hydroxylation is 1. The first-order valence-electron chi connectivity index (χ1n) is 6.71. The lowest BCUT2D eigenvalue weighted by atomic mass is 10.1. The van der Waals surface area contributed by atoms with Crippen LogP contribution in [0.25, 0.3) is 0 Å². The predicted octanol–water partition coefficient (Wildman–Crippen LogP) is 1.90. The molecule has 100 valence electrons. The smallest absolute Gasteiger partial charge is 0.327 e. The fourth-order valence-corrected chi connectivity index (χ4v) is 2.65. The highest BCUT2D eigenvalue weighted by molar-refractivity contribution is 5.74. The van der Waals surface area contributed by atoms with Gasteiger partial charge in [-0.2, -0.15) is 0 Å². The predicted molar refractivity (Wildman–Crippen MR) is 68.3 cm³/mol. The van der Waals surface area contributed by atoms with Gasteiger partial charge in [-0.15, -0.1) is 0 Å². The van der Waals surface area contributed by atoms with Crippen LogP contribution >= 0.6 is 0 Å². The van der Waals surface area contributed by atoms with E-state index < -0.39 is 12.0 Å². The molecule has 1 fully saturated rings. The third-order valence-electron chi connectivity index (χ3n) is 3.61. The van der Waals surface area contributed by atoms with E-state index in [1.54, 1.807) is 12.5 Å². The molecule has 1 aromatic heterocycles. The normalized spacial score (nSPS) is 19.4. The molecule has 0 bridgehead atoms. The second-order valence-corrected chi connectivity index (χ2v) is 4.80. The second kappa shape index (κ2) is 6.00. The van der Waals surface area contributed by atoms with E-state index in [1.165, 1.54) is 12.8 Å². The molecule has 2 heterocycles. The van der Waals surface area contributed by atoms with Crippen molar-refractivity contribution in [2.45, 2.75) is 45.2 Å². The summed E-state index contributed by atoms with van der Waals surface area (Å²) in [4.78, 5) is 17.8. The maximum Gasteiger partial charge on any atom is 0.327 e. The molecule has 1 unspecified atom stereocenters. The van der Waals surface area contributed by atoms with Crippen LogP contribution in [-0.2, 0) is 11.3 Å². The zero-order valence-electron chi connectivity index (χ0n) is 10.9. The Morgan fingerprint density at radius 3 is 2.61 bits per heavy atom. The number of carboxylic acids is 1. The second-order valence-electron chi connectivity index (χ2n) is 4.80. The first-order valence-corrected chi connectivity index (χ1v) is 6.71. The van der Waals surface area contributed by atoms with Gasteiger partial charge >= 0.3 is 5.97 Å². The van der Waals surface area contributed by atoms with Crippen LogP contribution in [0, 0.1) is 0 Å². The van der Waals surface area contributed by atoms with Crippen LogP contribution in [0.3, 0.4) is 0 Å².